The summed E-state index contributed by atoms with van der Waals surface area (Å²) in [6.45, 7) is 2.74. The average Bonchev–Trinajstić information content (AvgIpc) is 2.74. The molecule has 0 atom stereocenters. The zero-order valence-corrected chi connectivity index (χ0v) is 10.8. The molecule has 0 aliphatic rings. The molecule has 0 radical (unpaired) electrons. The van der Waals surface area contributed by atoms with Gasteiger partial charge in [-0.2, -0.15) is 0 Å². The van der Waals surface area contributed by atoms with E-state index in [1.807, 2.05) is 0 Å². The SMILES string of the molecule is Cc1ccc(CNc2ccc(N)c(C(=O)O)c2)s1. The second kappa shape index (κ2) is 5.10. The minimum atomic E-state index is -1.01. The van der Waals surface area contributed by atoms with Crippen molar-refractivity contribution in [3.05, 3.63) is 45.6 Å². The average molecular weight is 262 g/mol. The van der Waals surface area contributed by atoms with Crippen LogP contribution in [0.4, 0.5) is 11.4 Å². The van der Waals surface area contributed by atoms with E-state index in [1.54, 1.807) is 29.5 Å². The van der Waals surface area contributed by atoms with E-state index in [9.17, 15) is 4.79 Å². The first-order valence-corrected chi connectivity index (χ1v) is 6.30. The molecule has 94 valence electrons. The summed E-state index contributed by atoms with van der Waals surface area (Å²) >= 11 is 1.72. The molecule has 0 saturated heterocycles. The number of carboxylic acid groups (broad SMARTS) is 1. The van der Waals surface area contributed by atoms with Crippen LogP contribution in [0.2, 0.25) is 0 Å². The molecule has 18 heavy (non-hydrogen) atoms. The summed E-state index contributed by atoms with van der Waals surface area (Å²) in [7, 11) is 0. The summed E-state index contributed by atoms with van der Waals surface area (Å²) in [5.74, 6) is -1.01. The van der Waals surface area contributed by atoms with Gasteiger partial charge < -0.3 is 16.2 Å². The van der Waals surface area contributed by atoms with E-state index in [0.29, 0.717) is 6.54 Å². The summed E-state index contributed by atoms with van der Waals surface area (Å²) in [4.78, 5) is 13.4. The molecule has 4 nitrogen and oxygen atoms in total. The second-order valence-electron chi connectivity index (χ2n) is 3.97. The smallest absolute Gasteiger partial charge is 0.337 e. The first-order valence-electron chi connectivity index (χ1n) is 5.48. The van der Waals surface area contributed by atoms with Crippen LogP contribution in [0.3, 0.4) is 0 Å². The Hall–Kier alpha value is -2.01. The first-order chi connectivity index (χ1) is 8.56. The normalized spacial score (nSPS) is 10.3. The third kappa shape index (κ3) is 2.81. The predicted molar refractivity (Wildman–Crippen MR) is 74.2 cm³/mol. The number of benzene rings is 1. The third-order valence-electron chi connectivity index (χ3n) is 2.55. The van der Waals surface area contributed by atoms with Gasteiger partial charge in [-0.1, -0.05) is 0 Å². The number of carboxylic acids is 1. The van der Waals surface area contributed by atoms with Gasteiger partial charge in [-0.25, -0.2) is 4.79 Å². The van der Waals surface area contributed by atoms with E-state index in [1.165, 1.54) is 9.75 Å². The Morgan fingerprint density at radius 3 is 2.78 bits per heavy atom. The van der Waals surface area contributed by atoms with E-state index < -0.39 is 5.97 Å². The van der Waals surface area contributed by atoms with Gasteiger partial charge in [-0.05, 0) is 37.3 Å². The van der Waals surface area contributed by atoms with E-state index in [-0.39, 0.29) is 11.3 Å². The number of hydrogen-bond donors (Lipinski definition) is 3. The maximum atomic E-state index is 10.9. The van der Waals surface area contributed by atoms with Crippen LogP contribution in [0.15, 0.2) is 30.3 Å². The molecule has 2 aromatic rings. The molecule has 0 spiro atoms. The minimum Gasteiger partial charge on any atom is -0.478 e. The summed E-state index contributed by atoms with van der Waals surface area (Å²) < 4.78 is 0. The van der Waals surface area contributed by atoms with Crippen molar-refractivity contribution in [1.29, 1.82) is 0 Å². The van der Waals surface area contributed by atoms with Gasteiger partial charge in [0.15, 0.2) is 0 Å². The van der Waals surface area contributed by atoms with Crippen molar-refractivity contribution in [3.63, 3.8) is 0 Å². The fourth-order valence-electron chi connectivity index (χ4n) is 1.62. The summed E-state index contributed by atoms with van der Waals surface area (Å²) in [6.07, 6.45) is 0. The highest BCUT2D eigenvalue weighted by atomic mass is 32.1. The Morgan fingerprint density at radius 1 is 1.39 bits per heavy atom. The van der Waals surface area contributed by atoms with Crippen LogP contribution in [0.1, 0.15) is 20.1 Å². The number of carbonyl (C=O) groups is 1. The highest BCUT2D eigenvalue weighted by Gasteiger charge is 2.08. The Bertz CT molecular complexity index is 578. The predicted octanol–water partition coefficient (Wildman–Crippen LogP) is 2.95. The van der Waals surface area contributed by atoms with Crippen LogP contribution < -0.4 is 11.1 Å². The number of nitrogen functional groups attached to an aromatic ring is 1. The van der Waals surface area contributed by atoms with Crippen LogP contribution in [0.5, 0.6) is 0 Å². The molecule has 2 rings (SSSR count). The fourth-order valence-corrected chi connectivity index (χ4v) is 2.45. The van der Waals surface area contributed by atoms with Gasteiger partial charge in [0.05, 0.1) is 5.56 Å². The lowest BCUT2D eigenvalue weighted by atomic mass is 10.1. The maximum Gasteiger partial charge on any atom is 0.337 e. The van der Waals surface area contributed by atoms with E-state index in [4.69, 9.17) is 10.8 Å². The molecule has 0 amide bonds. The molecule has 0 aliphatic heterocycles. The van der Waals surface area contributed by atoms with Gasteiger partial charge in [0.1, 0.15) is 0 Å². The van der Waals surface area contributed by atoms with Crippen molar-refractivity contribution < 1.29 is 9.90 Å². The van der Waals surface area contributed by atoms with Gasteiger partial charge in [0, 0.05) is 27.7 Å². The Balaban J connectivity index is 2.10. The van der Waals surface area contributed by atoms with Gasteiger partial charge in [-0.15, -0.1) is 11.3 Å². The van der Waals surface area contributed by atoms with Crippen molar-refractivity contribution >= 4 is 28.7 Å². The zero-order chi connectivity index (χ0) is 13.1. The number of anilines is 2. The van der Waals surface area contributed by atoms with Crippen LogP contribution in [-0.4, -0.2) is 11.1 Å². The van der Waals surface area contributed by atoms with E-state index in [2.05, 4.69) is 24.4 Å². The quantitative estimate of drug-likeness (QED) is 0.740. The monoisotopic (exact) mass is 262 g/mol. The maximum absolute atomic E-state index is 10.9. The molecule has 0 bridgehead atoms. The summed E-state index contributed by atoms with van der Waals surface area (Å²) in [5.41, 5.74) is 6.76. The van der Waals surface area contributed by atoms with Crippen molar-refractivity contribution in [3.8, 4) is 0 Å². The molecule has 1 heterocycles. The van der Waals surface area contributed by atoms with Crippen molar-refractivity contribution in [2.45, 2.75) is 13.5 Å². The summed E-state index contributed by atoms with van der Waals surface area (Å²) in [5, 5.41) is 12.2. The molecular weight excluding hydrogens is 248 g/mol. The lowest BCUT2D eigenvalue weighted by Crippen LogP contribution is -2.04. The summed E-state index contributed by atoms with van der Waals surface area (Å²) in [6, 6.07) is 9.06. The second-order valence-corrected chi connectivity index (χ2v) is 5.35. The highest BCUT2D eigenvalue weighted by Crippen LogP contribution is 2.20. The van der Waals surface area contributed by atoms with E-state index >= 15 is 0 Å². The molecular formula is C13H14N2O2S. The number of rotatable bonds is 4. The standard InChI is InChI=1S/C13H14N2O2S/c1-8-2-4-10(18-8)7-15-9-3-5-12(14)11(6-9)13(16)17/h2-6,15H,7,14H2,1H3,(H,16,17). The number of nitrogens with two attached hydrogens (primary N) is 1. The molecule has 0 saturated carbocycles. The van der Waals surface area contributed by atoms with Gasteiger partial charge in [-0.3, -0.25) is 0 Å². The zero-order valence-electron chi connectivity index (χ0n) is 9.93. The topological polar surface area (TPSA) is 75.3 Å². The van der Waals surface area contributed by atoms with Crippen molar-refractivity contribution in [2.24, 2.45) is 0 Å². The van der Waals surface area contributed by atoms with Crippen LogP contribution in [0.25, 0.3) is 0 Å². The van der Waals surface area contributed by atoms with Gasteiger partial charge >= 0.3 is 5.97 Å². The lowest BCUT2D eigenvalue weighted by molar-refractivity contribution is 0.0698. The number of thiophene rings is 1. The number of aromatic carboxylic acids is 1. The van der Waals surface area contributed by atoms with Crippen molar-refractivity contribution in [2.75, 3.05) is 11.1 Å². The molecule has 1 aromatic heterocycles. The Morgan fingerprint density at radius 2 is 2.17 bits per heavy atom. The Kier molecular flexibility index (Phi) is 3.53. The van der Waals surface area contributed by atoms with Crippen molar-refractivity contribution in [1.82, 2.24) is 0 Å². The van der Waals surface area contributed by atoms with Gasteiger partial charge in [0.25, 0.3) is 0 Å². The molecule has 0 unspecified atom stereocenters. The largest absolute Gasteiger partial charge is 0.478 e. The molecule has 1 aromatic carbocycles. The van der Waals surface area contributed by atoms with Gasteiger partial charge in [0.2, 0.25) is 0 Å². The number of hydrogen-bond acceptors (Lipinski definition) is 4. The first kappa shape index (κ1) is 12.4. The molecule has 4 N–H and O–H groups in total. The molecule has 0 aliphatic carbocycles. The van der Waals surface area contributed by atoms with Crippen LogP contribution in [-0.2, 0) is 6.54 Å². The molecule has 5 heteroatoms. The number of nitrogens with one attached hydrogen (secondary N) is 1. The number of aryl methyl sites for hydroxylation is 1. The van der Waals surface area contributed by atoms with E-state index in [0.717, 1.165) is 5.69 Å². The fraction of sp³-hybridized carbons (Fsp3) is 0.154. The Labute approximate surface area is 109 Å². The third-order valence-corrected chi connectivity index (χ3v) is 3.55. The van der Waals surface area contributed by atoms with Crippen LogP contribution >= 0.6 is 11.3 Å². The van der Waals surface area contributed by atoms with Crippen LogP contribution in [0, 0.1) is 6.92 Å². The minimum absolute atomic E-state index is 0.127. The molecule has 0 fully saturated rings. The lowest BCUT2D eigenvalue weighted by Gasteiger charge is -2.07. The highest BCUT2D eigenvalue weighted by molar-refractivity contribution is 7.11.